The molecule has 0 bridgehead atoms. The molecule has 3 heterocycles. The number of aryl methyl sites for hydroxylation is 1. The van der Waals surface area contributed by atoms with Crippen LogP contribution in [0.2, 0.25) is 0 Å². The highest BCUT2D eigenvalue weighted by Crippen LogP contribution is 2.38. The molecule has 4 rings (SSSR count). The molecular formula is C23H25FN6O6S. The second-order valence-electron chi connectivity index (χ2n) is 7.85. The molecule has 0 unspecified atom stereocenters. The highest BCUT2D eigenvalue weighted by atomic mass is 32.2. The Morgan fingerprint density at radius 1 is 1.05 bits per heavy atom. The van der Waals surface area contributed by atoms with Crippen molar-refractivity contribution in [3.05, 3.63) is 60.1 Å². The van der Waals surface area contributed by atoms with Crippen molar-refractivity contribution in [2.45, 2.75) is 18.6 Å². The first kappa shape index (κ1) is 26.0. The van der Waals surface area contributed by atoms with Gasteiger partial charge in [-0.1, -0.05) is 6.07 Å². The summed E-state index contributed by atoms with van der Waals surface area (Å²) >= 11 is 0. The minimum atomic E-state index is -4.16. The number of nitrogens with zero attached hydrogens (tertiary/aromatic N) is 5. The molecule has 0 saturated carbocycles. The summed E-state index contributed by atoms with van der Waals surface area (Å²) in [5.74, 6) is 1.28. The number of nitrogens with one attached hydrogen (secondary N) is 1. The quantitative estimate of drug-likeness (QED) is 0.306. The van der Waals surface area contributed by atoms with E-state index in [4.69, 9.17) is 18.6 Å². The standard InChI is InChI=1S/C23H25FN6O6S/c1-14-8-9-19(36-14)22-27-28-23(30(22)21-17(34-3)6-5-7-18(21)35-4)29-37(31,32)16(13-33-2)10-20-25-11-15(24)12-26-20/h5-9,11-12,16H,10,13H2,1-4H3,(H,28,29)/t16-/m0/s1. The van der Waals surface area contributed by atoms with Crippen LogP contribution >= 0.6 is 0 Å². The maximum Gasteiger partial charge on any atom is 0.243 e. The Kier molecular flexibility index (Phi) is 7.69. The van der Waals surface area contributed by atoms with Gasteiger partial charge in [-0.2, -0.15) is 0 Å². The summed E-state index contributed by atoms with van der Waals surface area (Å²) in [5, 5.41) is 7.16. The van der Waals surface area contributed by atoms with E-state index in [-0.39, 0.29) is 30.6 Å². The van der Waals surface area contributed by atoms with E-state index >= 15 is 0 Å². The number of benzene rings is 1. The number of rotatable bonds is 11. The molecule has 37 heavy (non-hydrogen) atoms. The van der Waals surface area contributed by atoms with E-state index in [9.17, 15) is 12.8 Å². The lowest BCUT2D eigenvalue weighted by Crippen LogP contribution is -2.35. The van der Waals surface area contributed by atoms with E-state index in [1.807, 2.05) is 0 Å². The van der Waals surface area contributed by atoms with Gasteiger partial charge in [-0.15, -0.1) is 10.2 Å². The van der Waals surface area contributed by atoms with Gasteiger partial charge < -0.3 is 18.6 Å². The minimum Gasteiger partial charge on any atom is -0.494 e. The topological polar surface area (TPSA) is 143 Å². The van der Waals surface area contributed by atoms with E-state index in [1.165, 1.54) is 25.9 Å². The number of ether oxygens (including phenoxy) is 3. The van der Waals surface area contributed by atoms with Gasteiger partial charge in [0.15, 0.2) is 11.6 Å². The molecule has 0 spiro atoms. The zero-order chi connectivity index (χ0) is 26.6. The van der Waals surface area contributed by atoms with Gasteiger partial charge >= 0.3 is 0 Å². The number of sulfonamides is 1. The molecule has 1 N–H and O–H groups in total. The average molecular weight is 533 g/mol. The van der Waals surface area contributed by atoms with Gasteiger partial charge in [0.05, 0.1) is 33.2 Å². The van der Waals surface area contributed by atoms with Gasteiger partial charge in [0.1, 0.15) is 34.0 Å². The number of hydrogen-bond acceptors (Lipinski definition) is 10. The number of aromatic nitrogens is 5. The lowest BCUT2D eigenvalue weighted by molar-refractivity contribution is 0.196. The molecule has 14 heteroatoms. The molecule has 0 aliphatic carbocycles. The first-order chi connectivity index (χ1) is 17.8. The summed E-state index contributed by atoms with van der Waals surface area (Å²) < 4.78 is 66.2. The van der Waals surface area contributed by atoms with E-state index in [2.05, 4.69) is 24.9 Å². The molecular weight excluding hydrogens is 507 g/mol. The van der Waals surface area contributed by atoms with Gasteiger partial charge in [0.2, 0.25) is 21.8 Å². The van der Waals surface area contributed by atoms with Gasteiger partial charge in [0, 0.05) is 13.5 Å². The molecule has 0 aliphatic rings. The van der Waals surface area contributed by atoms with Crippen molar-refractivity contribution in [1.29, 1.82) is 0 Å². The lowest BCUT2D eigenvalue weighted by Gasteiger charge is -2.19. The monoisotopic (exact) mass is 532 g/mol. The van der Waals surface area contributed by atoms with Crippen molar-refractivity contribution in [2.24, 2.45) is 0 Å². The Morgan fingerprint density at radius 2 is 1.73 bits per heavy atom. The van der Waals surface area contributed by atoms with Crippen LogP contribution in [0.15, 0.2) is 47.1 Å². The van der Waals surface area contributed by atoms with E-state index in [1.54, 1.807) is 37.3 Å². The van der Waals surface area contributed by atoms with Crippen molar-refractivity contribution in [2.75, 3.05) is 32.7 Å². The van der Waals surface area contributed by atoms with E-state index in [0.717, 1.165) is 12.4 Å². The lowest BCUT2D eigenvalue weighted by atomic mass is 10.2. The fourth-order valence-corrected chi connectivity index (χ4v) is 4.87. The van der Waals surface area contributed by atoms with Crippen LogP contribution in [0.1, 0.15) is 11.6 Å². The Labute approximate surface area is 212 Å². The van der Waals surface area contributed by atoms with Crippen LogP contribution in [0.25, 0.3) is 17.3 Å². The Bertz CT molecular complexity index is 1450. The third-order valence-corrected chi connectivity index (χ3v) is 7.01. The third kappa shape index (κ3) is 5.54. The minimum absolute atomic E-state index is 0.133. The van der Waals surface area contributed by atoms with Crippen LogP contribution in [-0.2, 0) is 21.2 Å². The number of anilines is 1. The number of para-hydroxylation sites is 1. The fraction of sp³-hybridized carbons (Fsp3) is 0.304. The van der Waals surface area contributed by atoms with Crippen LogP contribution < -0.4 is 14.2 Å². The highest BCUT2D eigenvalue weighted by molar-refractivity contribution is 7.93. The summed E-state index contributed by atoms with van der Waals surface area (Å²) in [6.45, 7) is 1.58. The molecule has 0 amide bonds. The molecule has 0 saturated heterocycles. The maximum absolute atomic E-state index is 13.5. The second-order valence-corrected chi connectivity index (χ2v) is 9.81. The van der Waals surface area contributed by atoms with Gasteiger partial charge in [0.25, 0.3) is 0 Å². The van der Waals surface area contributed by atoms with Gasteiger partial charge in [-0.05, 0) is 31.2 Å². The summed E-state index contributed by atoms with van der Waals surface area (Å²) in [7, 11) is 0.151. The summed E-state index contributed by atoms with van der Waals surface area (Å²) in [6.07, 6.45) is 1.79. The SMILES string of the molecule is COC[C@H](Cc1ncc(F)cn1)S(=O)(=O)Nc1nnc(-c2ccc(C)o2)n1-c1c(OC)cccc1OC. The molecule has 0 radical (unpaired) electrons. The fourth-order valence-electron chi connectivity index (χ4n) is 3.63. The van der Waals surface area contributed by atoms with E-state index < -0.39 is 21.1 Å². The molecule has 4 aromatic rings. The molecule has 0 fully saturated rings. The van der Waals surface area contributed by atoms with Crippen molar-refractivity contribution in [3.63, 3.8) is 0 Å². The highest BCUT2D eigenvalue weighted by Gasteiger charge is 2.31. The van der Waals surface area contributed by atoms with Gasteiger partial charge in [-0.25, -0.2) is 22.8 Å². The van der Waals surface area contributed by atoms with E-state index in [0.29, 0.717) is 28.7 Å². The molecule has 12 nitrogen and oxygen atoms in total. The van der Waals surface area contributed by atoms with Crippen molar-refractivity contribution >= 4 is 16.0 Å². The Balaban J connectivity index is 1.81. The van der Waals surface area contributed by atoms with Crippen LogP contribution in [-0.4, -0.2) is 66.3 Å². The maximum atomic E-state index is 13.5. The second kappa shape index (κ2) is 10.9. The average Bonchev–Trinajstić information content (AvgIpc) is 3.49. The van der Waals surface area contributed by atoms with Crippen LogP contribution in [0.3, 0.4) is 0 Å². The third-order valence-electron chi connectivity index (χ3n) is 5.36. The zero-order valence-electron chi connectivity index (χ0n) is 20.5. The summed E-state index contributed by atoms with van der Waals surface area (Å²) in [4.78, 5) is 7.73. The molecule has 3 aromatic heterocycles. The number of methoxy groups -OCH3 is 3. The first-order valence-electron chi connectivity index (χ1n) is 11.0. The predicted octanol–water partition coefficient (Wildman–Crippen LogP) is 2.78. The molecule has 1 aromatic carbocycles. The van der Waals surface area contributed by atoms with Crippen molar-refractivity contribution in [1.82, 2.24) is 24.7 Å². The summed E-state index contributed by atoms with van der Waals surface area (Å²) in [5.41, 5.74) is 0.351. The number of furan rings is 1. The van der Waals surface area contributed by atoms with Crippen LogP contribution in [0.5, 0.6) is 11.5 Å². The normalized spacial score (nSPS) is 12.4. The Morgan fingerprint density at radius 3 is 2.30 bits per heavy atom. The molecule has 0 aliphatic heterocycles. The van der Waals surface area contributed by atoms with Crippen LogP contribution in [0, 0.1) is 12.7 Å². The zero-order valence-corrected chi connectivity index (χ0v) is 21.3. The smallest absolute Gasteiger partial charge is 0.243 e. The first-order valence-corrected chi connectivity index (χ1v) is 12.5. The van der Waals surface area contributed by atoms with Crippen molar-refractivity contribution in [3.8, 4) is 28.8 Å². The number of hydrogen-bond donors (Lipinski definition) is 1. The Hall–Kier alpha value is -4.04. The number of halogens is 1. The van der Waals surface area contributed by atoms with Crippen LogP contribution in [0.4, 0.5) is 10.3 Å². The largest absolute Gasteiger partial charge is 0.494 e. The predicted molar refractivity (Wildman–Crippen MR) is 131 cm³/mol. The van der Waals surface area contributed by atoms with Crippen molar-refractivity contribution < 1.29 is 31.4 Å². The molecule has 196 valence electrons. The van der Waals surface area contributed by atoms with Gasteiger partial charge in [-0.3, -0.25) is 9.29 Å². The summed E-state index contributed by atoms with van der Waals surface area (Å²) in [6, 6.07) is 8.54. The molecule has 1 atom stereocenters.